The van der Waals surface area contributed by atoms with Crippen molar-refractivity contribution in [3.63, 3.8) is 0 Å². The van der Waals surface area contributed by atoms with Crippen molar-refractivity contribution < 1.29 is 0 Å². The maximum absolute atomic E-state index is 4.38. The normalized spacial score (nSPS) is 11.9. The molecule has 1 rings (SSSR count). The van der Waals surface area contributed by atoms with Crippen molar-refractivity contribution in [2.45, 2.75) is 26.3 Å². The van der Waals surface area contributed by atoms with Crippen LogP contribution in [0.15, 0.2) is 28.3 Å². The summed E-state index contributed by atoms with van der Waals surface area (Å²) >= 11 is 0. The number of hydrogen-bond acceptors (Lipinski definition) is 3. The Bertz CT molecular complexity index is 348. The van der Waals surface area contributed by atoms with E-state index in [0.29, 0.717) is 5.82 Å². The molecule has 14 heavy (non-hydrogen) atoms. The fraction of sp³-hybridized carbons (Fsp3) is 0.364. The molecule has 0 aliphatic rings. The van der Waals surface area contributed by atoms with Crippen LogP contribution in [-0.4, -0.2) is 23.5 Å². The highest BCUT2D eigenvalue weighted by molar-refractivity contribution is 5.85. The van der Waals surface area contributed by atoms with Crippen LogP contribution in [-0.2, 0) is 0 Å². The van der Waals surface area contributed by atoms with Gasteiger partial charge in [0.25, 0.3) is 0 Å². The molecule has 0 aliphatic heterocycles. The van der Waals surface area contributed by atoms with Gasteiger partial charge < -0.3 is 0 Å². The molecular formula is C11H15N3. The highest BCUT2D eigenvalue weighted by Crippen LogP contribution is 2.13. The van der Waals surface area contributed by atoms with Crippen molar-refractivity contribution >= 4 is 18.7 Å². The van der Waals surface area contributed by atoms with E-state index in [1.807, 2.05) is 32.9 Å². The summed E-state index contributed by atoms with van der Waals surface area (Å²) in [6.07, 6.45) is 3.48. The zero-order valence-corrected chi connectivity index (χ0v) is 8.86. The maximum atomic E-state index is 4.38. The van der Waals surface area contributed by atoms with E-state index in [1.165, 1.54) is 0 Å². The fourth-order valence-electron chi connectivity index (χ4n) is 0.905. The third-order valence-corrected chi connectivity index (χ3v) is 1.56. The number of pyridine rings is 1. The Morgan fingerprint density at radius 1 is 1.43 bits per heavy atom. The quantitative estimate of drug-likeness (QED) is 0.659. The summed E-state index contributed by atoms with van der Waals surface area (Å²) in [7, 11) is 0. The Morgan fingerprint density at radius 3 is 2.71 bits per heavy atom. The van der Waals surface area contributed by atoms with Crippen molar-refractivity contribution in [2.75, 3.05) is 0 Å². The molecular weight excluding hydrogens is 174 g/mol. The lowest BCUT2D eigenvalue weighted by Gasteiger charge is -2.10. The highest BCUT2D eigenvalue weighted by atomic mass is 14.9. The molecule has 3 nitrogen and oxygen atoms in total. The van der Waals surface area contributed by atoms with Crippen LogP contribution in [0.2, 0.25) is 0 Å². The average Bonchev–Trinajstić information content (AvgIpc) is 2.14. The average molecular weight is 189 g/mol. The van der Waals surface area contributed by atoms with Crippen LogP contribution in [0.5, 0.6) is 0 Å². The highest BCUT2D eigenvalue weighted by Gasteiger charge is 2.05. The van der Waals surface area contributed by atoms with E-state index >= 15 is 0 Å². The molecule has 0 aliphatic carbocycles. The summed E-state index contributed by atoms with van der Waals surface area (Å²) in [6, 6.07) is 3.78. The van der Waals surface area contributed by atoms with Gasteiger partial charge in [0.05, 0.1) is 5.54 Å². The number of aliphatic imine (C=N–C) groups is 2. The summed E-state index contributed by atoms with van der Waals surface area (Å²) in [6.45, 7) is 9.59. The molecule has 0 N–H and O–H groups in total. The van der Waals surface area contributed by atoms with Gasteiger partial charge in [-0.25, -0.2) is 9.98 Å². The molecule has 3 heteroatoms. The largest absolute Gasteiger partial charge is 0.287 e. The Labute approximate surface area is 84.6 Å². The van der Waals surface area contributed by atoms with Crippen molar-refractivity contribution in [3.8, 4) is 0 Å². The maximum Gasteiger partial charge on any atom is 0.160 e. The van der Waals surface area contributed by atoms with Crippen LogP contribution in [0, 0.1) is 0 Å². The second kappa shape index (κ2) is 4.13. The van der Waals surface area contributed by atoms with E-state index in [9.17, 15) is 0 Å². The minimum Gasteiger partial charge on any atom is -0.287 e. The summed E-state index contributed by atoms with van der Waals surface area (Å²) < 4.78 is 0. The molecule has 0 fully saturated rings. The van der Waals surface area contributed by atoms with E-state index in [-0.39, 0.29) is 5.54 Å². The first-order chi connectivity index (χ1) is 6.53. The summed E-state index contributed by atoms with van der Waals surface area (Å²) in [5.74, 6) is 0.625. The van der Waals surface area contributed by atoms with Gasteiger partial charge in [0.15, 0.2) is 5.82 Å². The Balaban J connectivity index is 2.97. The first-order valence-corrected chi connectivity index (χ1v) is 4.50. The predicted octanol–water partition coefficient (Wildman–Crippen LogP) is 2.63. The molecule has 0 saturated carbocycles. The van der Waals surface area contributed by atoms with Gasteiger partial charge >= 0.3 is 0 Å². The van der Waals surface area contributed by atoms with Gasteiger partial charge in [-0.05, 0) is 39.6 Å². The molecule has 1 heterocycles. The number of hydrogen-bond donors (Lipinski definition) is 0. The first-order valence-electron chi connectivity index (χ1n) is 4.50. The molecule has 0 aromatic carbocycles. The van der Waals surface area contributed by atoms with Gasteiger partial charge in [-0.1, -0.05) is 0 Å². The van der Waals surface area contributed by atoms with Gasteiger partial charge in [-0.2, -0.15) is 0 Å². The van der Waals surface area contributed by atoms with Gasteiger partial charge in [0, 0.05) is 18.0 Å². The molecule has 0 atom stereocenters. The smallest absolute Gasteiger partial charge is 0.160 e. The molecule has 0 unspecified atom stereocenters. The van der Waals surface area contributed by atoms with Crippen molar-refractivity contribution in [1.82, 2.24) is 4.98 Å². The Morgan fingerprint density at radius 2 is 2.14 bits per heavy atom. The third kappa shape index (κ3) is 3.09. The van der Waals surface area contributed by atoms with Crippen LogP contribution >= 0.6 is 0 Å². The SMILES string of the molecule is C=Nc1ncccc1C=NC(C)(C)C. The number of rotatable bonds is 2. The van der Waals surface area contributed by atoms with Crippen LogP contribution < -0.4 is 0 Å². The zero-order chi connectivity index (χ0) is 10.6. The number of aromatic nitrogens is 1. The van der Waals surface area contributed by atoms with Crippen LogP contribution in [0.25, 0.3) is 0 Å². The van der Waals surface area contributed by atoms with E-state index in [4.69, 9.17) is 0 Å². The standard InChI is InChI=1S/C11H15N3/c1-11(2,3)14-8-9-6-5-7-13-10(9)12-4/h5-8H,4H2,1-3H3. The zero-order valence-electron chi connectivity index (χ0n) is 8.86. The van der Waals surface area contributed by atoms with Crippen molar-refractivity contribution in [1.29, 1.82) is 0 Å². The molecule has 0 spiro atoms. The van der Waals surface area contributed by atoms with E-state index in [0.717, 1.165) is 5.56 Å². The van der Waals surface area contributed by atoms with E-state index in [1.54, 1.807) is 12.4 Å². The Hall–Kier alpha value is -1.51. The van der Waals surface area contributed by atoms with E-state index < -0.39 is 0 Å². The van der Waals surface area contributed by atoms with Gasteiger partial charge in [0.2, 0.25) is 0 Å². The summed E-state index contributed by atoms with van der Waals surface area (Å²) in [5, 5.41) is 0. The van der Waals surface area contributed by atoms with Crippen LogP contribution in [0.4, 0.5) is 5.82 Å². The molecule has 0 saturated heterocycles. The minimum absolute atomic E-state index is 0.0751. The molecule has 0 amide bonds. The molecule has 0 bridgehead atoms. The predicted molar refractivity (Wildman–Crippen MR) is 60.8 cm³/mol. The number of nitrogens with zero attached hydrogens (tertiary/aromatic N) is 3. The third-order valence-electron chi connectivity index (χ3n) is 1.56. The van der Waals surface area contributed by atoms with Gasteiger partial charge in [-0.3, -0.25) is 4.99 Å². The topological polar surface area (TPSA) is 37.6 Å². The lowest BCUT2D eigenvalue weighted by Crippen LogP contribution is -2.09. The van der Waals surface area contributed by atoms with Crippen molar-refractivity contribution in [2.24, 2.45) is 9.98 Å². The minimum atomic E-state index is -0.0751. The lowest BCUT2D eigenvalue weighted by molar-refractivity contribution is 0.586. The molecule has 0 radical (unpaired) electrons. The molecule has 1 aromatic heterocycles. The van der Waals surface area contributed by atoms with Gasteiger partial charge in [-0.15, -0.1) is 0 Å². The monoisotopic (exact) mass is 189 g/mol. The van der Waals surface area contributed by atoms with Crippen LogP contribution in [0.1, 0.15) is 26.3 Å². The molecule has 1 aromatic rings. The second-order valence-corrected chi connectivity index (χ2v) is 4.00. The van der Waals surface area contributed by atoms with Crippen molar-refractivity contribution in [3.05, 3.63) is 23.9 Å². The second-order valence-electron chi connectivity index (χ2n) is 4.00. The Kier molecular flexibility index (Phi) is 3.12. The molecule has 74 valence electrons. The summed E-state index contributed by atoms with van der Waals surface area (Å²) in [5.41, 5.74) is 0.825. The van der Waals surface area contributed by atoms with E-state index in [2.05, 4.69) is 21.7 Å². The van der Waals surface area contributed by atoms with Crippen LogP contribution in [0.3, 0.4) is 0 Å². The summed E-state index contributed by atoms with van der Waals surface area (Å²) in [4.78, 5) is 12.3. The lowest BCUT2D eigenvalue weighted by atomic mass is 10.1. The first kappa shape index (κ1) is 10.6. The fourth-order valence-corrected chi connectivity index (χ4v) is 0.905. The van der Waals surface area contributed by atoms with Gasteiger partial charge in [0.1, 0.15) is 0 Å².